The van der Waals surface area contributed by atoms with Crippen LogP contribution in [0.3, 0.4) is 0 Å². The highest BCUT2D eigenvalue weighted by Gasteiger charge is 2.14. The lowest BCUT2D eigenvalue weighted by Crippen LogP contribution is -2.14. The monoisotopic (exact) mass is 358 g/mol. The molecule has 0 unspecified atom stereocenters. The summed E-state index contributed by atoms with van der Waals surface area (Å²) in [4.78, 5) is 16.7. The molecule has 1 amide bonds. The van der Waals surface area contributed by atoms with Crippen molar-refractivity contribution in [2.75, 3.05) is 5.32 Å². The SMILES string of the molecule is Cc1ccc2oc(-c3cc(NC(=O)Cc4ccccc4)ccc3O)nc2c1. The Hall–Kier alpha value is -3.60. The van der Waals surface area contributed by atoms with Gasteiger partial charge in [-0.15, -0.1) is 0 Å². The number of carbonyl (C=O) groups is 1. The molecule has 5 nitrogen and oxygen atoms in total. The minimum Gasteiger partial charge on any atom is -0.507 e. The van der Waals surface area contributed by atoms with E-state index in [4.69, 9.17) is 4.42 Å². The summed E-state index contributed by atoms with van der Waals surface area (Å²) in [6.07, 6.45) is 0.277. The number of hydrogen-bond donors (Lipinski definition) is 2. The molecule has 0 saturated heterocycles. The van der Waals surface area contributed by atoms with Crippen LogP contribution in [0, 0.1) is 6.92 Å². The predicted octanol–water partition coefficient (Wildman–Crippen LogP) is 4.69. The van der Waals surface area contributed by atoms with Gasteiger partial charge in [-0.3, -0.25) is 4.79 Å². The van der Waals surface area contributed by atoms with E-state index in [0.29, 0.717) is 22.7 Å². The highest BCUT2D eigenvalue weighted by atomic mass is 16.3. The van der Waals surface area contributed by atoms with Crippen molar-refractivity contribution in [3.63, 3.8) is 0 Å². The number of aryl methyl sites for hydroxylation is 1. The van der Waals surface area contributed by atoms with Crippen LogP contribution in [0.25, 0.3) is 22.6 Å². The Morgan fingerprint density at radius 2 is 1.89 bits per heavy atom. The number of rotatable bonds is 4. The zero-order valence-corrected chi connectivity index (χ0v) is 14.8. The summed E-state index contributed by atoms with van der Waals surface area (Å²) in [5.41, 5.74) is 4.39. The van der Waals surface area contributed by atoms with Crippen molar-refractivity contribution >= 4 is 22.7 Å². The van der Waals surface area contributed by atoms with Crippen LogP contribution < -0.4 is 5.32 Å². The van der Waals surface area contributed by atoms with Crippen molar-refractivity contribution in [3.05, 3.63) is 77.9 Å². The Bertz CT molecular complexity index is 1120. The molecule has 1 aromatic heterocycles. The minimum atomic E-state index is -0.133. The third kappa shape index (κ3) is 3.67. The van der Waals surface area contributed by atoms with E-state index < -0.39 is 0 Å². The average Bonchev–Trinajstić information content (AvgIpc) is 3.07. The maximum atomic E-state index is 12.3. The number of nitrogens with zero attached hydrogens (tertiary/aromatic N) is 1. The van der Waals surface area contributed by atoms with Crippen LogP contribution in [0.2, 0.25) is 0 Å². The lowest BCUT2D eigenvalue weighted by atomic mass is 10.1. The Kier molecular flexibility index (Phi) is 4.34. The third-order valence-electron chi connectivity index (χ3n) is 4.26. The van der Waals surface area contributed by atoms with Crippen LogP contribution in [0.4, 0.5) is 5.69 Å². The van der Waals surface area contributed by atoms with E-state index in [0.717, 1.165) is 16.6 Å². The lowest BCUT2D eigenvalue weighted by molar-refractivity contribution is -0.115. The summed E-state index contributed by atoms with van der Waals surface area (Å²) in [5.74, 6) is 0.220. The molecule has 0 atom stereocenters. The fourth-order valence-corrected chi connectivity index (χ4v) is 2.92. The predicted molar refractivity (Wildman–Crippen MR) is 105 cm³/mol. The molecule has 27 heavy (non-hydrogen) atoms. The third-order valence-corrected chi connectivity index (χ3v) is 4.26. The molecule has 0 radical (unpaired) electrons. The smallest absolute Gasteiger partial charge is 0.231 e. The number of aromatic hydroxyl groups is 1. The maximum Gasteiger partial charge on any atom is 0.231 e. The number of phenols is 1. The van der Waals surface area contributed by atoms with Gasteiger partial charge in [0, 0.05) is 5.69 Å². The van der Waals surface area contributed by atoms with Crippen LogP contribution in [0.5, 0.6) is 5.75 Å². The first-order valence-electron chi connectivity index (χ1n) is 8.63. The molecule has 0 spiro atoms. The van der Waals surface area contributed by atoms with Crippen LogP contribution >= 0.6 is 0 Å². The molecule has 4 aromatic rings. The van der Waals surface area contributed by atoms with E-state index in [1.807, 2.05) is 55.5 Å². The standard InChI is InChI=1S/C22H18N2O3/c1-14-7-10-20-18(11-14)24-22(27-20)17-13-16(8-9-19(17)25)23-21(26)12-15-5-3-2-4-6-15/h2-11,13,25H,12H2,1H3,(H,23,26). The molecule has 0 bridgehead atoms. The fourth-order valence-electron chi connectivity index (χ4n) is 2.92. The molecule has 0 fully saturated rings. The van der Waals surface area contributed by atoms with E-state index >= 15 is 0 Å². The lowest BCUT2D eigenvalue weighted by Gasteiger charge is -2.08. The highest BCUT2D eigenvalue weighted by Crippen LogP contribution is 2.33. The van der Waals surface area contributed by atoms with Crippen LogP contribution in [-0.4, -0.2) is 16.0 Å². The Morgan fingerprint density at radius 1 is 1.07 bits per heavy atom. The van der Waals surface area contributed by atoms with Gasteiger partial charge in [0.15, 0.2) is 5.58 Å². The van der Waals surface area contributed by atoms with E-state index in [-0.39, 0.29) is 18.1 Å². The number of fused-ring (bicyclic) bond motifs is 1. The van der Waals surface area contributed by atoms with Gasteiger partial charge in [0.05, 0.1) is 12.0 Å². The van der Waals surface area contributed by atoms with Gasteiger partial charge in [-0.25, -0.2) is 4.98 Å². The van der Waals surface area contributed by atoms with Crippen LogP contribution in [0.1, 0.15) is 11.1 Å². The number of benzene rings is 3. The second-order valence-corrected chi connectivity index (χ2v) is 6.43. The van der Waals surface area contributed by atoms with Gasteiger partial charge in [-0.05, 0) is 48.4 Å². The van der Waals surface area contributed by atoms with Gasteiger partial charge in [-0.2, -0.15) is 0 Å². The number of amides is 1. The van der Waals surface area contributed by atoms with E-state index in [1.54, 1.807) is 12.1 Å². The summed E-state index contributed by atoms with van der Waals surface area (Å²) in [6, 6.07) is 20.1. The zero-order valence-electron chi connectivity index (χ0n) is 14.8. The van der Waals surface area contributed by atoms with Gasteiger partial charge in [0.2, 0.25) is 11.8 Å². The van der Waals surface area contributed by atoms with Crippen molar-refractivity contribution in [2.24, 2.45) is 0 Å². The maximum absolute atomic E-state index is 12.3. The summed E-state index contributed by atoms with van der Waals surface area (Å²) in [7, 11) is 0. The summed E-state index contributed by atoms with van der Waals surface area (Å²) >= 11 is 0. The van der Waals surface area contributed by atoms with Crippen molar-refractivity contribution < 1.29 is 14.3 Å². The molecule has 1 heterocycles. The van der Waals surface area contributed by atoms with Gasteiger partial charge in [0.1, 0.15) is 11.3 Å². The summed E-state index contributed by atoms with van der Waals surface area (Å²) in [6.45, 7) is 1.98. The number of nitrogens with one attached hydrogen (secondary N) is 1. The molecule has 0 aliphatic heterocycles. The molecule has 5 heteroatoms. The topological polar surface area (TPSA) is 75.4 Å². The molecular weight excluding hydrogens is 340 g/mol. The number of aromatic nitrogens is 1. The number of phenolic OH excluding ortho intramolecular Hbond substituents is 1. The minimum absolute atomic E-state index is 0.0411. The first-order chi connectivity index (χ1) is 13.1. The molecule has 134 valence electrons. The van der Waals surface area contributed by atoms with Gasteiger partial charge in [-0.1, -0.05) is 36.4 Å². The number of oxazole rings is 1. The number of carbonyl (C=O) groups excluding carboxylic acids is 1. The van der Waals surface area contributed by atoms with Crippen molar-refractivity contribution in [3.8, 4) is 17.2 Å². The fraction of sp³-hybridized carbons (Fsp3) is 0.0909. The van der Waals surface area contributed by atoms with E-state index in [2.05, 4.69) is 10.3 Å². The Balaban J connectivity index is 1.60. The first kappa shape index (κ1) is 16.8. The van der Waals surface area contributed by atoms with Crippen molar-refractivity contribution in [1.82, 2.24) is 4.98 Å². The van der Waals surface area contributed by atoms with Gasteiger partial charge >= 0.3 is 0 Å². The molecule has 4 rings (SSSR count). The van der Waals surface area contributed by atoms with E-state index in [1.165, 1.54) is 6.07 Å². The normalized spacial score (nSPS) is 10.9. The summed E-state index contributed by atoms with van der Waals surface area (Å²) < 4.78 is 5.76. The van der Waals surface area contributed by atoms with Crippen molar-refractivity contribution in [1.29, 1.82) is 0 Å². The van der Waals surface area contributed by atoms with Crippen molar-refractivity contribution in [2.45, 2.75) is 13.3 Å². The summed E-state index contributed by atoms with van der Waals surface area (Å²) in [5, 5.41) is 13.1. The quantitative estimate of drug-likeness (QED) is 0.519. The van der Waals surface area contributed by atoms with Crippen LogP contribution in [0.15, 0.2) is 71.1 Å². The average molecular weight is 358 g/mol. The number of hydrogen-bond acceptors (Lipinski definition) is 4. The molecule has 0 aliphatic rings. The molecular formula is C22H18N2O3. The van der Waals surface area contributed by atoms with E-state index in [9.17, 15) is 9.90 Å². The number of anilines is 1. The molecule has 0 aliphatic carbocycles. The highest BCUT2D eigenvalue weighted by molar-refractivity contribution is 5.93. The van der Waals surface area contributed by atoms with Gasteiger partial charge < -0.3 is 14.8 Å². The molecule has 3 aromatic carbocycles. The first-order valence-corrected chi connectivity index (χ1v) is 8.63. The molecule has 2 N–H and O–H groups in total. The molecule has 0 saturated carbocycles. The Morgan fingerprint density at radius 3 is 2.70 bits per heavy atom. The largest absolute Gasteiger partial charge is 0.507 e. The Labute approximate surface area is 156 Å². The van der Waals surface area contributed by atoms with Gasteiger partial charge in [0.25, 0.3) is 0 Å². The zero-order chi connectivity index (χ0) is 18.8. The second-order valence-electron chi connectivity index (χ2n) is 6.43. The van der Waals surface area contributed by atoms with Crippen LogP contribution in [-0.2, 0) is 11.2 Å². The second kappa shape index (κ2) is 6.96.